The number of hydrogen-bond donors (Lipinski definition) is 0. The molecule has 0 bridgehead atoms. The van der Waals surface area contributed by atoms with E-state index in [1.54, 1.807) is 24.3 Å². The second-order valence-corrected chi connectivity index (χ2v) is 8.07. The first-order valence-corrected chi connectivity index (χ1v) is 9.59. The molecule has 3 rings (SSSR count). The number of nitrogens with zero attached hydrogens (tertiary/aromatic N) is 1. The van der Waals surface area contributed by atoms with Crippen molar-refractivity contribution in [1.29, 1.82) is 0 Å². The Balaban J connectivity index is 1.77. The summed E-state index contributed by atoms with van der Waals surface area (Å²) < 4.78 is 18.0. The van der Waals surface area contributed by atoms with Crippen LogP contribution in [0.2, 0.25) is 0 Å². The molecule has 1 aliphatic rings. The van der Waals surface area contributed by atoms with E-state index in [0.717, 1.165) is 18.0 Å². The maximum atomic E-state index is 13.0. The van der Waals surface area contributed by atoms with Crippen LogP contribution in [0, 0.1) is 0 Å². The van der Waals surface area contributed by atoms with Gasteiger partial charge in [0.2, 0.25) is 0 Å². The molecular weight excluding hydrogens is 334 g/mol. The van der Waals surface area contributed by atoms with Crippen LogP contribution in [-0.4, -0.2) is 46.7 Å². The van der Waals surface area contributed by atoms with Gasteiger partial charge in [0.25, 0.3) is 0 Å². The first kappa shape index (κ1) is 18.0. The number of Topliss-reactive ketones (excluding diaryl/α,β-unsaturated/α-hetero) is 1. The van der Waals surface area contributed by atoms with Gasteiger partial charge in [0.15, 0.2) is 5.78 Å². The highest BCUT2D eigenvalue weighted by Crippen LogP contribution is 2.23. The molecule has 2 aromatic rings. The third-order valence-electron chi connectivity index (χ3n) is 4.65. The molecule has 0 aliphatic carbocycles. The zero-order chi connectivity index (χ0) is 17.9. The lowest BCUT2D eigenvalue weighted by atomic mass is 9.91. The van der Waals surface area contributed by atoms with Crippen molar-refractivity contribution in [3.63, 3.8) is 0 Å². The molecule has 0 N–H and O–H groups in total. The highest BCUT2D eigenvalue weighted by molar-refractivity contribution is 7.85. The van der Waals surface area contributed by atoms with Crippen LogP contribution in [-0.2, 0) is 15.5 Å². The molecule has 1 aliphatic heterocycles. The topological polar surface area (TPSA) is 46.6 Å². The van der Waals surface area contributed by atoms with Crippen molar-refractivity contribution in [2.45, 2.75) is 29.2 Å². The number of carbonyl (C=O) groups excluding carboxylic acids is 1. The van der Waals surface area contributed by atoms with Gasteiger partial charge in [-0.2, -0.15) is 0 Å². The molecule has 1 unspecified atom stereocenters. The highest BCUT2D eigenvalue weighted by Gasteiger charge is 2.35. The molecule has 5 heteroatoms. The van der Waals surface area contributed by atoms with Gasteiger partial charge in [0.1, 0.15) is 0 Å². The summed E-state index contributed by atoms with van der Waals surface area (Å²) in [6.45, 7) is 6.74. The van der Waals surface area contributed by atoms with Gasteiger partial charge in [-0.15, -0.1) is 0 Å². The van der Waals surface area contributed by atoms with E-state index < -0.39 is 16.3 Å². The lowest BCUT2D eigenvalue weighted by Gasteiger charge is -2.39. The molecule has 1 fully saturated rings. The first-order chi connectivity index (χ1) is 12.0. The molecule has 0 saturated carbocycles. The SMILES string of the molecule is CC(C)(C(=O)c1ccc(S(=O)c2ccccc2)cc1)N1CCOCC1. The van der Waals surface area contributed by atoms with Crippen molar-refractivity contribution in [2.75, 3.05) is 26.3 Å². The molecule has 25 heavy (non-hydrogen) atoms. The number of morpholine rings is 1. The molecular formula is C20H23NO3S. The standard InChI is InChI=1S/C20H23NO3S/c1-20(2,21-12-14-24-15-13-21)19(22)16-8-10-18(11-9-16)25(23)17-6-4-3-5-7-17/h3-11H,12-15H2,1-2H3. The van der Waals surface area contributed by atoms with Crippen molar-refractivity contribution < 1.29 is 13.7 Å². The summed E-state index contributed by atoms with van der Waals surface area (Å²) in [5.41, 5.74) is 0.0643. The lowest BCUT2D eigenvalue weighted by molar-refractivity contribution is -0.00430. The van der Waals surface area contributed by atoms with E-state index in [4.69, 9.17) is 4.74 Å². The quantitative estimate of drug-likeness (QED) is 0.771. The van der Waals surface area contributed by atoms with E-state index in [0.29, 0.717) is 23.7 Å². The predicted molar refractivity (Wildman–Crippen MR) is 98.4 cm³/mol. The first-order valence-electron chi connectivity index (χ1n) is 8.44. The van der Waals surface area contributed by atoms with E-state index >= 15 is 0 Å². The van der Waals surface area contributed by atoms with Gasteiger partial charge in [-0.3, -0.25) is 9.69 Å². The second kappa shape index (κ2) is 7.60. The fourth-order valence-electron chi connectivity index (χ4n) is 3.03. The van der Waals surface area contributed by atoms with Crippen LogP contribution in [0.25, 0.3) is 0 Å². The van der Waals surface area contributed by atoms with Gasteiger partial charge < -0.3 is 4.74 Å². The lowest BCUT2D eigenvalue weighted by Crippen LogP contribution is -2.54. The predicted octanol–water partition coefficient (Wildman–Crippen LogP) is 3.15. The van der Waals surface area contributed by atoms with Crippen molar-refractivity contribution in [3.05, 3.63) is 60.2 Å². The number of carbonyl (C=O) groups is 1. The van der Waals surface area contributed by atoms with Crippen LogP contribution < -0.4 is 0 Å². The Morgan fingerprint density at radius 2 is 1.52 bits per heavy atom. The van der Waals surface area contributed by atoms with E-state index in [9.17, 15) is 9.00 Å². The second-order valence-electron chi connectivity index (χ2n) is 6.59. The minimum Gasteiger partial charge on any atom is -0.379 e. The molecule has 0 spiro atoms. The van der Waals surface area contributed by atoms with Crippen LogP contribution in [0.15, 0.2) is 64.4 Å². The fraction of sp³-hybridized carbons (Fsp3) is 0.350. The summed E-state index contributed by atoms with van der Waals surface area (Å²) in [6.07, 6.45) is 0. The summed E-state index contributed by atoms with van der Waals surface area (Å²) in [5.74, 6) is 0.0754. The Bertz CT molecular complexity index is 750. The smallest absolute Gasteiger partial charge is 0.182 e. The Hall–Kier alpha value is -1.82. The zero-order valence-corrected chi connectivity index (χ0v) is 15.4. The van der Waals surface area contributed by atoms with Gasteiger partial charge in [0, 0.05) is 28.4 Å². The van der Waals surface area contributed by atoms with Gasteiger partial charge in [-0.1, -0.05) is 30.3 Å². The minimum atomic E-state index is -1.23. The number of hydrogen-bond acceptors (Lipinski definition) is 4. The van der Waals surface area contributed by atoms with Crippen LogP contribution in [0.5, 0.6) is 0 Å². The number of ketones is 1. The molecule has 1 heterocycles. The van der Waals surface area contributed by atoms with Crippen molar-refractivity contribution in [1.82, 2.24) is 4.90 Å². The number of benzene rings is 2. The summed E-state index contributed by atoms with van der Waals surface area (Å²) >= 11 is 0. The fourth-order valence-corrected chi connectivity index (χ4v) is 4.09. The maximum Gasteiger partial charge on any atom is 0.182 e. The Morgan fingerprint density at radius 3 is 2.12 bits per heavy atom. The third kappa shape index (κ3) is 3.89. The molecule has 1 saturated heterocycles. The molecule has 0 aromatic heterocycles. The third-order valence-corrected chi connectivity index (χ3v) is 6.05. The van der Waals surface area contributed by atoms with E-state index in [-0.39, 0.29) is 5.78 Å². The van der Waals surface area contributed by atoms with Crippen LogP contribution in [0.4, 0.5) is 0 Å². The van der Waals surface area contributed by atoms with Gasteiger partial charge in [-0.25, -0.2) is 4.21 Å². The molecule has 1 atom stereocenters. The van der Waals surface area contributed by atoms with E-state index in [1.807, 2.05) is 44.2 Å². The number of ether oxygens (including phenoxy) is 1. The normalized spacial score (nSPS) is 17.2. The monoisotopic (exact) mass is 357 g/mol. The van der Waals surface area contributed by atoms with Gasteiger partial charge in [0.05, 0.1) is 29.6 Å². The molecule has 132 valence electrons. The average molecular weight is 357 g/mol. The zero-order valence-electron chi connectivity index (χ0n) is 14.6. The van der Waals surface area contributed by atoms with Crippen molar-refractivity contribution in [3.8, 4) is 0 Å². The highest BCUT2D eigenvalue weighted by atomic mass is 32.2. The molecule has 2 aromatic carbocycles. The van der Waals surface area contributed by atoms with Crippen molar-refractivity contribution in [2.24, 2.45) is 0 Å². The average Bonchev–Trinajstić information content (AvgIpc) is 2.68. The number of rotatable bonds is 5. The van der Waals surface area contributed by atoms with Crippen LogP contribution >= 0.6 is 0 Å². The van der Waals surface area contributed by atoms with Crippen LogP contribution in [0.3, 0.4) is 0 Å². The summed E-state index contributed by atoms with van der Waals surface area (Å²) in [6, 6.07) is 16.5. The van der Waals surface area contributed by atoms with Gasteiger partial charge in [-0.05, 0) is 38.1 Å². The largest absolute Gasteiger partial charge is 0.379 e. The summed E-state index contributed by atoms with van der Waals surface area (Å²) in [5, 5.41) is 0. The molecule has 0 radical (unpaired) electrons. The Labute approximate surface area is 151 Å². The Kier molecular flexibility index (Phi) is 5.47. The molecule has 4 nitrogen and oxygen atoms in total. The van der Waals surface area contributed by atoms with E-state index in [2.05, 4.69) is 4.90 Å². The summed E-state index contributed by atoms with van der Waals surface area (Å²) in [7, 11) is -1.23. The van der Waals surface area contributed by atoms with E-state index in [1.165, 1.54) is 0 Å². The molecule has 0 amide bonds. The minimum absolute atomic E-state index is 0.0754. The van der Waals surface area contributed by atoms with Crippen LogP contribution in [0.1, 0.15) is 24.2 Å². The Morgan fingerprint density at radius 1 is 0.960 bits per heavy atom. The van der Waals surface area contributed by atoms with Crippen molar-refractivity contribution >= 4 is 16.6 Å². The maximum absolute atomic E-state index is 13.0. The van der Waals surface area contributed by atoms with Gasteiger partial charge >= 0.3 is 0 Å². The summed E-state index contributed by atoms with van der Waals surface area (Å²) in [4.78, 5) is 16.6.